The Bertz CT molecular complexity index is 706. The maximum absolute atomic E-state index is 5.97. The molecule has 0 atom stereocenters. The first-order valence-electron chi connectivity index (χ1n) is 5.75. The van der Waals surface area contributed by atoms with Crippen molar-refractivity contribution >= 4 is 22.7 Å². The summed E-state index contributed by atoms with van der Waals surface area (Å²) in [6.07, 6.45) is 3.54. The minimum atomic E-state index is 0.682. The lowest BCUT2D eigenvalue weighted by molar-refractivity contribution is 1.31. The quantitative estimate of drug-likeness (QED) is 0.700. The van der Waals surface area contributed by atoms with E-state index >= 15 is 0 Å². The molecule has 0 fully saturated rings. The molecule has 0 bridgehead atoms. The largest absolute Gasteiger partial charge is 0.399 e. The number of aromatic nitrogens is 2. The van der Waals surface area contributed by atoms with Gasteiger partial charge in [0.1, 0.15) is 5.01 Å². The number of rotatable bonds is 2. The van der Waals surface area contributed by atoms with Gasteiger partial charge in [0.05, 0.1) is 5.69 Å². The molecule has 5 heteroatoms. The summed E-state index contributed by atoms with van der Waals surface area (Å²) in [6.45, 7) is 0. The van der Waals surface area contributed by atoms with Crippen LogP contribution in [0.3, 0.4) is 0 Å². The molecule has 0 amide bonds. The summed E-state index contributed by atoms with van der Waals surface area (Å²) < 4.78 is 0. The molecule has 4 N–H and O–H groups in total. The zero-order valence-corrected chi connectivity index (χ0v) is 10.9. The van der Waals surface area contributed by atoms with Gasteiger partial charge in [0.2, 0.25) is 0 Å². The Hall–Kier alpha value is -2.40. The fraction of sp³-hybridized carbons (Fsp3) is 0. The molecule has 0 aliphatic rings. The Balaban J connectivity index is 2.04. The van der Waals surface area contributed by atoms with Crippen LogP contribution in [0.15, 0.2) is 48.1 Å². The second-order valence-electron chi connectivity index (χ2n) is 4.13. The third-order valence-corrected chi connectivity index (χ3v) is 3.64. The fourth-order valence-electron chi connectivity index (χ4n) is 1.80. The van der Waals surface area contributed by atoms with Gasteiger partial charge in [-0.3, -0.25) is 4.98 Å². The number of anilines is 2. The summed E-state index contributed by atoms with van der Waals surface area (Å²) in [5.74, 6) is 0. The number of nitrogens with two attached hydrogens (primary N) is 2. The molecule has 0 spiro atoms. The van der Waals surface area contributed by atoms with Crippen LogP contribution in [0.5, 0.6) is 0 Å². The van der Waals surface area contributed by atoms with Crippen LogP contribution in [-0.4, -0.2) is 9.97 Å². The number of hydrogen-bond acceptors (Lipinski definition) is 5. The van der Waals surface area contributed by atoms with Crippen molar-refractivity contribution in [3.05, 3.63) is 48.1 Å². The molecule has 0 unspecified atom stereocenters. The molecular weight excluding hydrogens is 256 g/mol. The number of benzene rings is 1. The van der Waals surface area contributed by atoms with E-state index in [1.54, 1.807) is 35.9 Å². The molecule has 0 saturated heterocycles. The van der Waals surface area contributed by atoms with E-state index in [9.17, 15) is 0 Å². The average molecular weight is 268 g/mol. The van der Waals surface area contributed by atoms with Crippen LogP contribution in [0.2, 0.25) is 0 Å². The van der Waals surface area contributed by atoms with Gasteiger partial charge < -0.3 is 11.5 Å². The molecule has 2 heterocycles. The van der Waals surface area contributed by atoms with Gasteiger partial charge in [-0.2, -0.15) is 0 Å². The highest BCUT2D eigenvalue weighted by atomic mass is 32.1. The molecule has 0 aliphatic heterocycles. The Morgan fingerprint density at radius 2 is 2.00 bits per heavy atom. The minimum absolute atomic E-state index is 0.682. The SMILES string of the molecule is Nc1ccc(N)c(-c2nc(-c3cccnc3)cs2)c1. The summed E-state index contributed by atoms with van der Waals surface area (Å²) in [7, 11) is 0. The number of pyridine rings is 1. The molecule has 0 saturated carbocycles. The van der Waals surface area contributed by atoms with Gasteiger partial charge in [-0.1, -0.05) is 0 Å². The van der Waals surface area contributed by atoms with E-state index in [2.05, 4.69) is 9.97 Å². The fourth-order valence-corrected chi connectivity index (χ4v) is 2.67. The molecular formula is C14H12N4S. The van der Waals surface area contributed by atoms with E-state index in [0.29, 0.717) is 11.4 Å². The summed E-state index contributed by atoms with van der Waals surface area (Å²) in [6, 6.07) is 9.31. The summed E-state index contributed by atoms with van der Waals surface area (Å²) in [4.78, 5) is 8.69. The smallest absolute Gasteiger partial charge is 0.126 e. The van der Waals surface area contributed by atoms with Gasteiger partial charge in [-0.05, 0) is 30.3 Å². The molecule has 94 valence electrons. The molecule has 4 nitrogen and oxygen atoms in total. The average Bonchev–Trinajstić information content (AvgIpc) is 2.92. The van der Waals surface area contributed by atoms with Gasteiger partial charge in [0, 0.05) is 40.3 Å². The van der Waals surface area contributed by atoms with Crippen LogP contribution in [-0.2, 0) is 0 Å². The van der Waals surface area contributed by atoms with E-state index < -0.39 is 0 Å². The number of hydrogen-bond donors (Lipinski definition) is 2. The number of nitrogens with zero attached hydrogens (tertiary/aromatic N) is 2. The van der Waals surface area contributed by atoms with Crippen molar-refractivity contribution < 1.29 is 0 Å². The van der Waals surface area contributed by atoms with Crippen LogP contribution in [0.1, 0.15) is 0 Å². The normalized spacial score (nSPS) is 10.5. The van der Waals surface area contributed by atoms with E-state index in [0.717, 1.165) is 21.8 Å². The monoisotopic (exact) mass is 268 g/mol. The van der Waals surface area contributed by atoms with Crippen molar-refractivity contribution in [2.45, 2.75) is 0 Å². The molecule has 2 aromatic heterocycles. The van der Waals surface area contributed by atoms with Gasteiger partial charge in [0.15, 0.2) is 0 Å². The Labute approximate surface area is 114 Å². The van der Waals surface area contributed by atoms with Crippen molar-refractivity contribution in [1.82, 2.24) is 9.97 Å². The highest BCUT2D eigenvalue weighted by Gasteiger charge is 2.09. The molecule has 1 aromatic carbocycles. The minimum Gasteiger partial charge on any atom is -0.399 e. The first kappa shape index (κ1) is 11.7. The lowest BCUT2D eigenvalue weighted by Gasteiger charge is -2.03. The van der Waals surface area contributed by atoms with Crippen molar-refractivity contribution in [2.75, 3.05) is 11.5 Å². The number of thiazole rings is 1. The van der Waals surface area contributed by atoms with Crippen LogP contribution < -0.4 is 11.5 Å². The molecule has 0 aliphatic carbocycles. The topological polar surface area (TPSA) is 77.8 Å². The zero-order valence-electron chi connectivity index (χ0n) is 10.1. The number of nitrogen functional groups attached to an aromatic ring is 2. The third-order valence-electron chi connectivity index (χ3n) is 2.77. The van der Waals surface area contributed by atoms with Crippen molar-refractivity contribution in [1.29, 1.82) is 0 Å². The molecule has 3 rings (SSSR count). The maximum atomic E-state index is 5.97. The summed E-state index contributed by atoms with van der Waals surface area (Å²) in [5.41, 5.74) is 15.9. The first-order chi connectivity index (χ1) is 9.24. The highest BCUT2D eigenvalue weighted by molar-refractivity contribution is 7.13. The van der Waals surface area contributed by atoms with E-state index in [1.807, 2.05) is 23.6 Å². The molecule has 19 heavy (non-hydrogen) atoms. The van der Waals surface area contributed by atoms with Gasteiger partial charge >= 0.3 is 0 Å². The Morgan fingerprint density at radius 3 is 2.79 bits per heavy atom. The van der Waals surface area contributed by atoms with E-state index in [4.69, 9.17) is 11.5 Å². The van der Waals surface area contributed by atoms with Gasteiger partial charge in [-0.15, -0.1) is 11.3 Å². The second-order valence-corrected chi connectivity index (χ2v) is 4.98. The highest BCUT2D eigenvalue weighted by Crippen LogP contribution is 2.33. The van der Waals surface area contributed by atoms with Crippen LogP contribution in [0, 0.1) is 0 Å². The third kappa shape index (κ3) is 2.28. The molecule has 0 radical (unpaired) electrons. The lowest BCUT2D eigenvalue weighted by Crippen LogP contribution is -1.92. The predicted octanol–water partition coefficient (Wildman–Crippen LogP) is 3.04. The lowest BCUT2D eigenvalue weighted by atomic mass is 10.1. The van der Waals surface area contributed by atoms with Crippen LogP contribution in [0.4, 0.5) is 11.4 Å². The second kappa shape index (κ2) is 4.70. The van der Waals surface area contributed by atoms with Crippen molar-refractivity contribution in [3.8, 4) is 21.8 Å². The Morgan fingerprint density at radius 1 is 1.11 bits per heavy atom. The summed E-state index contributed by atoms with van der Waals surface area (Å²) in [5, 5.41) is 2.86. The summed E-state index contributed by atoms with van der Waals surface area (Å²) >= 11 is 1.55. The van der Waals surface area contributed by atoms with Gasteiger partial charge in [0.25, 0.3) is 0 Å². The Kier molecular flexibility index (Phi) is 2.89. The standard InChI is InChI=1S/C14H12N4S/c15-10-3-4-12(16)11(6-10)14-18-13(8-19-14)9-2-1-5-17-7-9/h1-8H,15-16H2. The van der Waals surface area contributed by atoms with Crippen LogP contribution >= 0.6 is 11.3 Å². The van der Waals surface area contributed by atoms with Crippen LogP contribution in [0.25, 0.3) is 21.8 Å². The zero-order chi connectivity index (χ0) is 13.2. The maximum Gasteiger partial charge on any atom is 0.126 e. The van der Waals surface area contributed by atoms with Crippen molar-refractivity contribution in [2.24, 2.45) is 0 Å². The molecule has 3 aromatic rings. The first-order valence-corrected chi connectivity index (χ1v) is 6.63. The predicted molar refractivity (Wildman–Crippen MR) is 79.6 cm³/mol. The van der Waals surface area contributed by atoms with E-state index in [1.165, 1.54) is 0 Å². The van der Waals surface area contributed by atoms with Gasteiger partial charge in [-0.25, -0.2) is 4.98 Å². The van der Waals surface area contributed by atoms with E-state index in [-0.39, 0.29) is 0 Å². The van der Waals surface area contributed by atoms with Crippen molar-refractivity contribution in [3.63, 3.8) is 0 Å².